The van der Waals surface area contributed by atoms with Crippen LogP contribution in [0.5, 0.6) is 17.2 Å². The lowest BCUT2D eigenvalue weighted by Crippen LogP contribution is -2.32. The zero-order valence-corrected chi connectivity index (χ0v) is 19.3. The Balaban J connectivity index is 1.93. The highest BCUT2D eigenvalue weighted by Gasteiger charge is 2.27. The van der Waals surface area contributed by atoms with Gasteiger partial charge in [0.2, 0.25) is 0 Å². The molecular formula is C24H31N3O3S. The van der Waals surface area contributed by atoms with Crippen LogP contribution >= 0.6 is 12.2 Å². The fourth-order valence-electron chi connectivity index (χ4n) is 3.84. The second kappa shape index (κ2) is 9.56. The van der Waals surface area contributed by atoms with Crippen molar-refractivity contribution in [2.75, 3.05) is 18.5 Å². The normalized spacial score (nSPS) is 16.2. The molecule has 0 aromatic heterocycles. The number of thiocarbonyl (C=S) groups is 1. The molecule has 0 amide bonds. The van der Waals surface area contributed by atoms with E-state index in [4.69, 9.17) is 12.2 Å². The summed E-state index contributed by atoms with van der Waals surface area (Å²) in [5.74, 6) is 0.262. The number of phenolic OH excluding ortho intramolecular Hbond substituents is 3. The van der Waals surface area contributed by atoms with E-state index in [9.17, 15) is 15.3 Å². The molecule has 1 atom stereocenters. The molecule has 0 bridgehead atoms. The average molecular weight is 442 g/mol. The number of nitrogens with zero attached hydrogens (tertiary/aromatic N) is 2. The first-order valence-corrected chi connectivity index (χ1v) is 11.1. The molecule has 1 aliphatic heterocycles. The molecule has 6 nitrogen and oxygen atoms in total. The summed E-state index contributed by atoms with van der Waals surface area (Å²) in [5.41, 5.74) is 6.69. The van der Waals surface area contributed by atoms with Gasteiger partial charge in [0.15, 0.2) is 0 Å². The second-order valence-corrected chi connectivity index (χ2v) is 8.84. The molecule has 4 N–H and O–H groups in total. The number of hydrogen-bond donors (Lipinski definition) is 4. The van der Waals surface area contributed by atoms with Gasteiger partial charge in [-0.25, -0.2) is 0 Å². The van der Waals surface area contributed by atoms with Gasteiger partial charge in [0.25, 0.3) is 0 Å². The predicted molar refractivity (Wildman–Crippen MR) is 130 cm³/mol. The Morgan fingerprint density at radius 3 is 2.55 bits per heavy atom. The highest BCUT2D eigenvalue weighted by Crippen LogP contribution is 2.37. The maximum atomic E-state index is 10.5. The number of nitrogens with one attached hydrogen (secondary N) is 1. The molecule has 31 heavy (non-hydrogen) atoms. The Kier molecular flexibility index (Phi) is 7.05. The molecule has 0 saturated carbocycles. The first kappa shape index (κ1) is 22.9. The minimum atomic E-state index is -0.142. The van der Waals surface area contributed by atoms with Crippen molar-refractivity contribution in [2.45, 2.75) is 51.9 Å². The summed E-state index contributed by atoms with van der Waals surface area (Å²) in [4.78, 5) is 2.65. The summed E-state index contributed by atoms with van der Waals surface area (Å²) < 4.78 is 0. The first-order valence-electron chi connectivity index (χ1n) is 10.7. The van der Waals surface area contributed by atoms with Gasteiger partial charge in [0.05, 0.1) is 11.4 Å². The van der Waals surface area contributed by atoms with Gasteiger partial charge >= 0.3 is 0 Å². The lowest BCUT2D eigenvalue weighted by Gasteiger charge is -2.27. The average Bonchev–Trinajstić information content (AvgIpc) is 2.73. The second-order valence-electron chi connectivity index (χ2n) is 8.40. The van der Waals surface area contributed by atoms with E-state index in [0.717, 1.165) is 36.2 Å². The fraction of sp³-hybridized carbons (Fsp3) is 0.417. The zero-order valence-electron chi connectivity index (χ0n) is 18.5. The maximum absolute atomic E-state index is 10.5. The summed E-state index contributed by atoms with van der Waals surface area (Å²) in [5, 5.41) is 35.4. The van der Waals surface area contributed by atoms with Crippen LogP contribution in [-0.2, 0) is 0 Å². The van der Waals surface area contributed by atoms with Crippen molar-refractivity contribution < 1.29 is 15.3 Å². The molecule has 1 heterocycles. The van der Waals surface area contributed by atoms with Crippen molar-refractivity contribution in [1.82, 2.24) is 5.43 Å². The van der Waals surface area contributed by atoms with Crippen LogP contribution in [0.4, 0.5) is 5.69 Å². The van der Waals surface area contributed by atoms with E-state index in [1.54, 1.807) is 12.1 Å². The molecule has 3 rings (SSSR count). The van der Waals surface area contributed by atoms with Gasteiger partial charge in [-0.3, -0.25) is 5.43 Å². The van der Waals surface area contributed by atoms with E-state index in [-0.39, 0.29) is 29.1 Å². The number of unbranched alkanes of at least 4 members (excludes halogenated alkanes) is 1. The third-order valence-corrected chi connectivity index (χ3v) is 6.13. The maximum Gasteiger partial charge on any atom is 0.138 e. The number of hydrazone groups is 1. The van der Waals surface area contributed by atoms with Crippen LogP contribution in [-0.4, -0.2) is 39.6 Å². The topological polar surface area (TPSA) is 88.3 Å². The molecule has 166 valence electrons. The van der Waals surface area contributed by atoms with Gasteiger partial charge in [-0.15, -0.1) is 0 Å². The minimum Gasteiger partial charge on any atom is -0.508 e. The quantitative estimate of drug-likeness (QED) is 0.454. The molecule has 0 saturated heterocycles. The number of hydrogen-bond acceptors (Lipinski definition) is 6. The molecule has 2 aromatic rings. The van der Waals surface area contributed by atoms with Crippen molar-refractivity contribution in [3.63, 3.8) is 0 Å². The van der Waals surface area contributed by atoms with Gasteiger partial charge in [0, 0.05) is 37.6 Å². The Morgan fingerprint density at radius 2 is 1.87 bits per heavy atom. The monoisotopic (exact) mass is 441 g/mol. The molecule has 0 spiro atoms. The molecule has 0 radical (unpaired) electrons. The van der Waals surface area contributed by atoms with Crippen LogP contribution in [0, 0.1) is 0 Å². The van der Waals surface area contributed by atoms with Gasteiger partial charge in [0.1, 0.15) is 22.2 Å². The first-order chi connectivity index (χ1) is 14.7. The summed E-state index contributed by atoms with van der Waals surface area (Å²) in [6.45, 7) is 6.97. The van der Waals surface area contributed by atoms with Crippen LogP contribution in [0.1, 0.15) is 68.6 Å². The summed E-state index contributed by atoms with van der Waals surface area (Å²) in [6.07, 6.45) is 2.62. The molecule has 0 fully saturated rings. The van der Waals surface area contributed by atoms with Gasteiger partial charge in [-0.2, -0.15) is 5.10 Å². The van der Waals surface area contributed by atoms with E-state index in [1.165, 1.54) is 6.07 Å². The number of rotatable bonds is 7. The SMILES string of the molecule is CCCCN(C)c1cc(C2CC(c3cc(C(C)C)c(O)cc3O)=NNC2=S)ccc1O. The van der Waals surface area contributed by atoms with Crippen LogP contribution in [0.3, 0.4) is 0 Å². The Bertz CT molecular complexity index is 1000. The third-order valence-electron chi connectivity index (χ3n) is 5.75. The minimum absolute atomic E-state index is 0.0142. The summed E-state index contributed by atoms with van der Waals surface area (Å²) >= 11 is 5.55. The van der Waals surface area contributed by atoms with Crippen LogP contribution < -0.4 is 10.3 Å². The number of anilines is 1. The molecule has 1 aliphatic rings. The van der Waals surface area contributed by atoms with E-state index >= 15 is 0 Å². The lowest BCUT2D eigenvalue weighted by molar-refractivity contribution is 0.443. The van der Waals surface area contributed by atoms with Crippen LogP contribution in [0.25, 0.3) is 0 Å². The van der Waals surface area contributed by atoms with Crippen molar-refractivity contribution >= 4 is 28.6 Å². The van der Waals surface area contributed by atoms with Crippen molar-refractivity contribution in [1.29, 1.82) is 0 Å². The van der Waals surface area contributed by atoms with E-state index in [1.807, 2.05) is 33.0 Å². The summed E-state index contributed by atoms with van der Waals surface area (Å²) in [7, 11) is 1.97. The van der Waals surface area contributed by atoms with Crippen molar-refractivity contribution in [3.05, 3.63) is 47.0 Å². The largest absolute Gasteiger partial charge is 0.508 e. The standard InChI is InChI=1S/C24H31N3O3S/c1-5-6-9-27(4)20-10-15(7-8-21(20)28)17-12-19(25-26-24(17)31)18-11-16(14(2)3)22(29)13-23(18)30/h7-8,10-11,13-14,17,28-30H,5-6,9,12H2,1-4H3,(H,26,31). The molecule has 7 heteroatoms. The highest BCUT2D eigenvalue weighted by atomic mass is 32.1. The predicted octanol–water partition coefficient (Wildman–Crippen LogP) is 4.97. The van der Waals surface area contributed by atoms with Crippen molar-refractivity contribution in [2.24, 2.45) is 5.10 Å². The Morgan fingerprint density at radius 1 is 1.13 bits per heavy atom. The highest BCUT2D eigenvalue weighted by molar-refractivity contribution is 7.80. The Labute approximate surface area is 189 Å². The molecule has 1 unspecified atom stereocenters. The van der Waals surface area contributed by atoms with Crippen molar-refractivity contribution in [3.8, 4) is 17.2 Å². The van der Waals surface area contributed by atoms with E-state index in [2.05, 4.69) is 22.4 Å². The smallest absolute Gasteiger partial charge is 0.138 e. The lowest BCUT2D eigenvalue weighted by atomic mass is 9.88. The van der Waals surface area contributed by atoms with Crippen LogP contribution in [0.15, 0.2) is 35.4 Å². The number of aromatic hydroxyl groups is 3. The Hall–Kier alpha value is -2.80. The number of phenols is 3. The van der Waals surface area contributed by atoms with E-state index < -0.39 is 0 Å². The van der Waals surface area contributed by atoms with E-state index in [0.29, 0.717) is 22.7 Å². The zero-order chi connectivity index (χ0) is 22.7. The third kappa shape index (κ3) is 4.93. The number of benzene rings is 2. The van der Waals surface area contributed by atoms with Gasteiger partial charge in [-0.1, -0.05) is 45.5 Å². The fourth-order valence-corrected chi connectivity index (χ4v) is 4.10. The summed E-state index contributed by atoms with van der Waals surface area (Å²) in [6, 6.07) is 8.72. The van der Waals surface area contributed by atoms with Crippen LogP contribution in [0.2, 0.25) is 0 Å². The molecule has 2 aromatic carbocycles. The van der Waals surface area contributed by atoms with Gasteiger partial charge in [-0.05, 0) is 41.7 Å². The van der Waals surface area contributed by atoms with Gasteiger partial charge < -0.3 is 20.2 Å². The molecular weight excluding hydrogens is 410 g/mol. The molecule has 0 aliphatic carbocycles.